The largest absolute Gasteiger partial charge is 0.479 e. The molecule has 1 aromatic heterocycles. The molecule has 0 aliphatic heterocycles. The minimum absolute atomic E-state index is 0.142. The summed E-state index contributed by atoms with van der Waals surface area (Å²) in [4.78, 5) is 28.8. The van der Waals surface area contributed by atoms with Crippen LogP contribution in [0.15, 0.2) is 12.4 Å². The smallest absolute Gasteiger partial charge is 0.408 e. The average molecular weight is 241 g/mol. The first-order chi connectivity index (χ1) is 7.79. The van der Waals surface area contributed by atoms with Gasteiger partial charge in [-0.25, -0.2) is 14.6 Å². The number of rotatable bonds is 3. The normalized spacial score (nSPS) is 12.9. The summed E-state index contributed by atoms with van der Waals surface area (Å²) in [5.74, 6) is -1.07. The topological polar surface area (TPSA) is 104 Å². The zero-order chi connectivity index (χ0) is 13.1. The Morgan fingerprint density at radius 2 is 2.18 bits per heavy atom. The number of carboxylic acids is 1. The number of carbonyl (C=O) groups excluding carboxylic acids is 1. The van der Waals surface area contributed by atoms with Gasteiger partial charge in [0.2, 0.25) is 0 Å². The molecular formula is C10H15N3O4. The van der Waals surface area contributed by atoms with E-state index in [0.29, 0.717) is 0 Å². The van der Waals surface area contributed by atoms with Crippen molar-refractivity contribution in [1.82, 2.24) is 15.3 Å². The van der Waals surface area contributed by atoms with Crippen molar-refractivity contribution in [3.05, 3.63) is 18.2 Å². The Bertz CT molecular complexity index is 394. The zero-order valence-electron chi connectivity index (χ0n) is 9.85. The summed E-state index contributed by atoms with van der Waals surface area (Å²) in [7, 11) is 0. The number of aromatic amines is 1. The molecule has 0 saturated carbocycles. The number of ether oxygens (including phenoxy) is 1. The van der Waals surface area contributed by atoms with E-state index in [2.05, 4.69) is 15.3 Å². The predicted octanol–water partition coefficient (Wildman–Crippen LogP) is 1.06. The number of carboxylic acid groups (broad SMARTS) is 1. The molecule has 1 amide bonds. The molecule has 0 fully saturated rings. The molecular weight excluding hydrogens is 226 g/mol. The van der Waals surface area contributed by atoms with Gasteiger partial charge in [-0.05, 0) is 20.8 Å². The van der Waals surface area contributed by atoms with Gasteiger partial charge in [0.05, 0.1) is 0 Å². The number of nitrogens with one attached hydrogen (secondary N) is 2. The monoisotopic (exact) mass is 241 g/mol. The summed E-state index contributed by atoms with van der Waals surface area (Å²) in [5, 5.41) is 11.2. The van der Waals surface area contributed by atoms with Crippen LogP contribution in [-0.2, 0) is 9.53 Å². The van der Waals surface area contributed by atoms with Crippen LogP contribution in [0.3, 0.4) is 0 Å². The molecule has 7 heteroatoms. The maximum absolute atomic E-state index is 11.4. The number of imidazole rings is 1. The van der Waals surface area contributed by atoms with E-state index < -0.39 is 23.7 Å². The van der Waals surface area contributed by atoms with E-state index in [0.717, 1.165) is 0 Å². The van der Waals surface area contributed by atoms with Crippen molar-refractivity contribution in [2.75, 3.05) is 0 Å². The average Bonchev–Trinajstić information content (AvgIpc) is 2.63. The highest BCUT2D eigenvalue weighted by molar-refractivity contribution is 5.80. The second kappa shape index (κ2) is 4.86. The molecule has 17 heavy (non-hydrogen) atoms. The van der Waals surface area contributed by atoms with E-state index >= 15 is 0 Å². The summed E-state index contributed by atoms with van der Waals surface area (Å²) >= 11 is 0. The van der Waals surface area contributed by atoms with E-state index in [1.165, 1.54) is 12.4 Å². The fraction of sp³-hybridized carbons (Fsp3) is 0.500. The van der Waals surface area contributed by atoms with Crippen molar-refractivity contribution >= 4 is 12.1 Å². The summed E-state index contributed by atoms with van der Waals surface area (Å²) in [6.07, 6.45) is 2.07. The lowest BCUT2D eigenvalue weighted by Crippen LogP contribution is -2.38. The van der Waals surface area contributed by atoms with Crippen LogP contribution in [0, 0.1) is 0 Å². The van der Waals surface area contributed by atoms with Gasteiger partial charge in [0, 0.05) is 12.4 Å². The molecule has 1 aromatic rings. The van der Waals surface area contributed by atoms with Gasteiger partial charge >= 0.3 is 12.1 Å². The summed E-state index contributed by atoms with van der Waals surface area (Å²) < 4.78 is 4.96. The third-order valence-corrected chi connectivity index (χ3v) is 1.70. The van der Waals surface area contributed by atoms with E-state index in [1.54, 1.807) is 20.8 Å². The maximum atomic E-state index is 11.4. The molecule has 1 unspecified atom stereocenters. The lowest BCUT2D eigenvalue weighted by Gasteiger charge is -2.21. The molecule has 0 aromatic carbocycles. The molecule has 0 bridgehead atoms. The van der Waals surface area contributed by atoms with Crippen LogP contribution >= 0.6 is 0 Å². The highest BCUT2D eigenvalue weighted by Gasteiger charge is 2.26. The van der Waals surface area contributed by atoms with Crippen molar-refractivity contribution < 1.29 is 19.4 Å². The Labute approximate surface area is 98.2 Å². The predicted molar refractivity (Wildman–Crippen MR) is 58.3 cm³/mol. The molecule has 0 aliphatic carbocycles. The highest BCUT2D eigenvalue weighted by atomic mass is 16.6. The molecule has 0 aliphatic rings. The van der Waals surface area contributed by atoms with Crippen LogP contribution in [0.1, 0.15) is 32.6 Å². The standard InChI is InChI=1S/C10H15N3O4/c1-10(2,3)17-9(16)13-6(8(14)15)7-11-4-5-12-7/h4-6H,1-3H3,(H,11,12)(H,13,16)(H,14,15). The number of nitrogens with zero attached hydrogens (tertiary/aromatic N) is 1. The Kier molecular flexibility index (Phi) is 3.72. The van der Waals surface area contributed by atoms with E-state index in [1.807, 2.05) is 0 Å². The van der Waals surface area contributed by atoms with Gasteiger partial charge in [-0.3, -0.25) is 0 Å². The van der Waals surface area contributed by atoms with E-state index in [4.69, 9.17) is 9.84 Å². The number of alkyl carbamates (subject to hydrolysis) is 1. The Morgan fingerprint density at radius 3 is 2.59 bits per heavy atom. The second-order valence-electron chi connectivity index (χ2n) is 4.39. The maximum Gasteiger partial charge on any atom is 0.408 e. The quantitative estimate of drug-likeness (QED) is 0.734. The number of amides is 1. The van der Waals surface area contributed by atoms with Crippen LogP contribution < -0.4 is 5.32 Å². The molecule has 7 nitrogen and oxygen atoms in total. The lowest BCUT2D eigenvalue weighted by molar-refractivity contribution is -0.139. The Balaban J connectivity index is 2.69. The lowest BCUT2D eigenvalue weighted by atomic mass is 10.2. The van der Waals surface area contributed by atoms with Crippen molar-refractivity contribution in [2.45, 2.75) is 32.4 Å². The fourth-order valence-electron chi connectivity index (χ4n) is 1.11. The number of aromatic nitrogens is 2. The van der Waals surface area contributed by atoms with Gasteiger partial charge < -0.3 is 20.1 Å². The molecule has 1 rings (SSSR count). The Morgan fingerprint density at radius 1 is 1.53 bits per heavy atom. The minimum Gasteiger partial charge on any atom is -0.479 e. The van der Waals surface area contributed by atoms with Crippen molar-refractivity contribution in [2.24, 2.45) is 0 Å². The number of carbonyl (C=O) groups is 2. The summed E-state index contributed by atoms with van der Waals surface area (Å²) in [5.41, 5.74) is -0.684. The van der Waals surface area contributed by atoms with E-state index in [9.17, 15) is 9.59 Å². The summed E-state index contributed by atoms with van der Waals surface area (Å²) in [6.45, 7) is 5.07. The number of hydrogen-bond donors (Lipinski definition) is 3. The van der Waals surface area contributed by atoms with Gasteiger partial charge in [-0.1, -0.05) is 0 Å². The van der Waals surface area contributed by atoms with Crippen LogP contribution in [0.5, 0.6) is 0 Å². The van der Waals surface area contributed by atoms with Gasteiger partial charge in [-0.2, -0.15) is 0 Å². The number of H-pyrrole nitrogens is 1. The Hall–Kier alpha value is -2.05. The molecule has 0 spiro atoms. The molecule has 1 heterocycles. The third-order valence-electron chi connectivity index (χ3n) is 1.70. The van der Waals surface area contributed by atoms with Gasteiger partial charge in [0.25, 0.3) is 0 Å². The van der Waals surface area contributed by atoms with Crippen molar-refractivity contribution in [3.8, 4) is 0 Å². The minimum atomic E-state index is -1.25. The summed E-state index contributed by atoms with van der Waals surface area (Å²) in [6, 6.07) is -1.25. The SMILES string of the molecule is CC(C)(C)OC(=O)NC(C(=O)O)c1ncc[nH]1. The number of hydrogen-bond acceptors (Lipinski definition) is 4. The van der Waals surface area contributed by atoms with Crippen molar-refractivity contribution in [1.29, 1.82) is 0 Å². The first kappa shape index (κ1) is 13.0. The first-order valence-electron chi connectivity index (χ1n) is 5.01. The molecule has 3 N–H and O–H groups in total. The molecule has 0 saturated heterocycles. The van der Waals surface area contributed by atoms with Gasteiger partial charge in [0.15, 0.2) is 6.04 Å². The molecule has 0 radical (unpaired) electrons. The fourth-order valence-corrected chi connectivity index (χ4v) is 1.11. The highest BCUT2D eigenvalue weighted by Crippen LogP contribution is 2.11. The van der Waals surface area contributed by atoms with Crippen LogP contribution in [0.25, 0.3) is 0 Å². The second-order valence-corrected chi connectivity index (χ2v) is 4.39. The van der Waals surface area contributed by atoms with Crippen molar-refractivity contribution in [3.63, 3.8) is 0 Å². The first-order valence-corrected chi connectivity index (χ1v) is 5.01. The zero-order valence-corrected chi connectivity index (χ0v) is 9.85. The van der Waals surface area contributed by atoms with Crippen LogP contribution in [0.2, 0.25) is 0 Å². The van der Waals surface area contributed by atoms with Crippen LogP contribution in [0.4, 0.5) is 4.79 Å². The number of aliphatic carboxylic acids is 1. The molecule has 1 atom stereocenters. The van der Waals surface area contributed by atoms with Gasteiger partial charge in [0.1, 0.15) is 11.4 Å². The third kappa shape index (κ3) is 4.13. The molecule has 94 valence electrons. The van der Waals surface area contributed by atoms with E-state index in [-0.39, 0.29) is 5.82 Å². The van der Waals surface area contributed by atoms with Crippen LogP contribution in [-0.4, -0.2) is 32.7 Å². The van der Waals surface area contributed by atoms with Gasteiger partial charge in [-0.15, -0.1) is 0 Å².